The van der Waals surface area contributed by atoms with Gasteiger partial charge >= 0.3 is 0 Å². The van der Waals surface area contributed by atoms with Gasteiger partial charge in [-0.3, -0.25) is 14.8 Å². The van der Waals surface area contributed by atoms with E-state index in [1.807, 2.05) is 24.3 Å². The number of piperidine rings is 3. The van der Waals surface area contributed by atoms with Crippen LogP contribution in [0, 0.1) is 11.8 Å². The molecule has 33 heavy (non-hydrogen) atoms. The van der Waals surface area contributed by atoms with Crippen LogP contribution in [0.5, 0.6) is 5.75 Å². The highest BCUT2D eigenvalue weighted by Gasteiger charge is 2.42. The molecule has 0 spiro atoms. The highest BCUT2D eigenvalue weighted by Crippen LogP contribution is 2.42. The number of aliphatic hydroxyl groups is 1. The number of pyridine rings is 1. The number of hydrogen-bond acceptors (Lipinski definition) is 5. The molecule has 0 saturated carbocycles. The summed E-state index contributed by atoms with van der Waals surface area (Å²) in [5.41, 5.74) is 1.85. The first-order valence-electron chi connectivity index (χ1n) is 12.5. The van der Waals surface area contributed by atoms with Crippen molar-refractivity contribution in [1.82, 2.24) is 14.8 Å². The van der Waals surface area contributed by atoms with Crippen LogP contribution in [0.15, 0.2) is 43.1 Å². The maximum atomic E-state index is 11.2. The monoisotopic (exact) mass is 453 g/mol. The van der Waals surface area contributed by atoms with Gasteiger partial charge in [-0.15, -0.1) is 6.58 Å². The van der Waals surface area contributed by atoms with E-state index in [-0.39, 0.29) is 6.04 Å². The molecule has 1 N–H and O–H groups in total. The summed E-state index contributed by atoms with van der Waals surface area (Å²) in [5.74, 6) is 2.01. The predicted molar refractivity (Wildman–Crippen MR) is 138 cm³/mol. The molecule has 4 heterocycles. The van der Waals surface area contributed by atoms with E-state index < -0.39 is 6.10 Å². The molecule has 5 nitrogen and oxygen atoms in total. The van der Waals surface area contributed by atoms with Crippen LogP contribution in [0.2, 0.25) is 0 Å². The molecular weight excluding hydrogens is 410 g/mol. The van der Waals surface area contributed by atoms with Crippen molar-refractivity contribution in [2.24, 2.45) is 11.8 Å². The van der Waals surface area contributed by atoms with E-state index in [2.05, 4.69) is 62.1 Å². The molecule has 1 aromatic carbocycles. The quantitative estimate of drug-likeness (QED) is 0.577. The first-order valence-corrected chi connectivity index (χ1v) is 12.5. The van der Waals surface area contributed by atoms with Crippen LogP contribution in [0.1, 0.15) is 59.1 Å². The minimum atomic E-state index is -0.504. The zero-order valence-electron chi connectivity index (χ0n) is 21.4. The number of benzene rings is 1. The second-order valence-electron chi connectivity index (χ2n) is 9.99. The molecule has 5 atom stereocenters. The molecule has 0 aliphatic carbocycles. The van der Waals surface area contributed by atoms with Gasteiger partial charge in [-0.25, -0.2) is 0 Å². The van der Waals surface area contributed by atoms with Crippen LogP contribution >= 0.6 is 0 Å². The van der Waals surface area contributed by atoms with Gasteiger partial charge in [0.25, 0.3) is 0 Å². The van der Waals surface area contributed by atoms with Crippen LogP contribution < -0.4 is 4.74 Å². The number of hydrogen-bond donors (Lipinski definition) is 1. The van der Waals surface area contributed by atoms with E-state index in [1.165, 1.54) is 6.42 Å². The lowest BCUT2D eigenvalue weighted by Crippen LogP contribution is -2.54. The number of rotatable bonds is 7. The molecule has 5 heteroatoms. The van der Waals surface area contributed by atoms with Gasteiger partial charge in [-0.1, -0.05) is 13.0 Å². The number of ether oxygens (including phenoxy) is 1. The van der Waals surface area contributed by atoms with Crippen molar-refractivity contribution in [3.8, 4) is 5.75 Å². The topological polar surface area (TPSA) is 48.8 Å². The normalized spacial score (nSPS) is 25.3. The Morgan fingerprint density at radius 2 is 1.97 bits per heavy atom. The Morgan fingerprint density at radius 3 is 2.48 bits per heavy atom. The Kier molecular flexibility index (Phi) is 8.91. The Bertz CT molecular complexity index is 905. The van der Waals surface area contributed by atoms with E-state index in [9.17, 15) is 5.11 Å². The van der Waals surface area contributed by atoms with Gasteiger partial charge < -0.3 is 9.84 Å². The summed E-state index contributed by atoms with van der Waals surface area (Å²) in [6, 6.07) is 9.34. The summed E-state index contributed by atoms with van der Waals surface area (Å²) in [6.45, 7) is 18.4. The molecular formula is C28H43N3O2. The lowest BCUT2D eigenvalue weighted by atomic mass is 9.73. The number of fused-ring (bicyclic) bond motifs is 4. The van der Waals surface area contributed by atoms with Crippen molar-refractivity contribution in [1.29, 1.82) is 0 Å². The van der Waals surface area contributed by atoms with Gasteiger partial charge in [0, 0.05) is 36.3 Å². The Labute approximate surface area is 200 Å². The third-order valence-electron chi connectivity index (χ3n) is 7.51. The summed E-state index contributed by atoms with van der Waals surface area (Å²) in [4.78, 5) is 9.32. The Morgan fingerprint density at radius 1 is 1.24 bits per heavy atom. The minimum Gasteiger partial charge on any atom is -0.497 e. The van der Waals surface area contributed by atoms with E-state index in [0.29, 0.717) is 23.9 Å². The van der Waals surface area contributed by atoms with Gasteiger partial charge in [0.15, 0.2) is 0 Å². The number of nitrogens with zero attached hydrogens (tertiary/aromatic N) is 3. The molecule has 182 valence electrons. The van der Waals surface area contributed by atoms with Crippen molar-refractivity contribution >= 4 is 10.9 Å². The van der Waals surface area contributed by atoms with Crippen molar-refractivity contribution in [2.45, 2.75) is 71.7 Å². The van der Waals surface area contributed by atoms with E-state index >= 15 is 0 Å². The van der Waals surface area contributed by atoms with Crippen molar-refractivity contribution in [2.75, 3.05) is 26.7 Å². The fraction of sp³-hybridized carbons (Fsp3) is 0.607. The minimum absolute atomic E-state index is 0.178. The van der Waals surface area contributed by atoms with Gasteiger partial charge in [0.1, 0.15) is 5.75 Å². The Hall–Kier alpha value is -1.95. The zero-order chi connectivity index (χ0) is 24.1. The van der Waals surface area contributed by atoms with Crippen LogP contribution in [-0.4, -0.2) is 64.8 Å². The zero-order valence-corrected chi connectivity index (χ0v) is 21.4. The molecule has 0 amide bonds. The standard InChI is InChI=1S/C20H24N2O2.C8H19N/c1-3-13-12-22-9-7-14(13)10-19(22)20(23)16-6-8-21-18-5-4-15(24-2)11-17(16)18;1-6-9(7(2)3)8(4)5/h3-6,8,11,13-14,19-20,23H,1,7,9-10,12H2,2H3;7-8H,6H2,1-5H3/t13-,14-,19+,20-;/m0./s1. The molecule has 3 aliphatic heterocycles. The highest BCUT2D eigenvalue weighted by molar-refractivity contribution is 5.83. The largest absolute Gasteiger partial charge is 0.497 e. The van der Waals surface area contributed by atoms with Gasteiger partial charge in [-0.2, -0.15) is 0 Å². The number of aromatic nitrogens is 1. The summed E-state index contributed by atoms with van der Waals surface area (Å²) < 4.78 is 5.35. The second-order valence-corrected chi connectivity index (χ2v) is 9.99. The first kappa shape index (κ1) is 25.7. The van der Waals surface area contributed by atoms with E-state index in [0.717, 1.165) is 48.3 Å². The molecule has 2 aromatic rings. The van der Waals surface area contributed by atoms with Gasteiger partial charge in [0.05, 0.1) is 18.7 Å². The fourth-order valence-corrected chi connectivity index (χ4v) is 5.77. The van der Waals surface area contributed by atoms with Crippen molar-refractivity contribution in [3.05, 3.63) is 48.7 Å². The third-order valence-corrected chi connectivity index (χ3v) is 7.51. The van der Waals surface area contributed by atoms with Crippen LogP contribution in [0.4, 0.5) is 0 Å². The lowest BCUT2D eigenvalue weighted by molar-refractivity contribution is -0.0444. The summed E-state index contributed by atoms with van der Waals surface area (Å²) in [5, 5.41) is 12.1. The summed E-state index contributed by atoms with van der Waals surface area (Å²) in [7, 11) is 1.66. The second kappa shape index (κ2) is 11.5. The predicted octanol–water partition coefficient (Wildman–Crippen LogP) is 5.30. The third kappa shape index (κ3) is 5.76. The van der Waals surface area contributed by atoms with Crippen LogP contribution in [0.25, 0.3) is 10.9 Å². The summed E-state index contributed by atoms with van der Waals surface area (Å²) in [6.07, 6.45) is 5.62. The lowest BCUT2D eigenvalue weighted by Gasteiger charge is -2.50. The summed E-state index contributed by atoms with van der Waals surface area (Å²) >= 11 is 0. The first-order chi connectivity index (χ1) is 15.8. The van der Waals surface area contributed by atoms with Crippen LogP contribution in [0.3, 0.4) is 0 Å². The smallest absolute Gasteiger partial charge is 0.119 e. The van der Waals surface area contributed by atoms with Crippen LogP contribution in [-0.2, 0) is 0 Å². The number of aliphatic hydroxyl groups excluding tert-OH is 1. The molecule has 1 aromatic heterocycles. The number of methoxy groups -OCH3 is 1. The van der Waals surface area contributed by atoms with Crippen molar-refractivity contribution in [3.63, 3.8) is 0 Å². The van der Waals surface area contributed by atoms with E-state index in [1.54, 1.807) is 13.3 Å². The SMILES string of the molecule is C=C[C@H]1CN2CC[C@H]1C[C@@H]2[C@@H](O)c1ccnc2ccc(OC)cc12.CCN(C(C)C)C(C)C. The molecule has 3 fully saturated rings. The average Bonchev–Trinajstić information content (AvgIpc) is 2.83. The molecule has 0 radical (unpaired) electrons. The molecule has 3 aliphatic rings. The van der Waals surface area contributed by atoms with Gasteiger partial charge in [-0.05, 0) is 95.3 Å². The molecule has 3 saturated heterocycles. The molecule has 5 rings (SSSR count). The maximum absolute atomic E-state index is 11.2. The fourth-order valence-electron chi connectivity index (χ4n) is 5.77. The molecule has 2 bridgehead atoms. The Balaban J connectivity index is 0.000000292. The highest BCUT2D eigenvalue weighted by atomic mass is 16.5. The van der Waals surface area contributed by atoms with Crippen molar-refractivity contribution < 1.29 is 9.84 Å². The van der Waals surface area contributed by atoms with Gasteiger partial charge in [0.2, 0.25) is 0 Å². The average molecular weight is 454 g/mol. The maximum Gasteiger partial charge on any atom is 0.119 e. The van der Waals surface area contributed by atoms with E-state index in [4.69, 9.17) is 4.74 Å². The molecule has 1 unspecified atom stereocenters.